The van der Waals surface area contributed by atoms with E-state index in [0.717, 1.165) is 16.5 Å². The topological polar surface area (TPSA) is 78.4 Å². The molecule has 3 rings (SSSR count). The van der Waals surface area contributed by atoms with E-state index >= 15 is 0 Å². The second-order valence-corrected chi connectivity index (χ2v) is 5.64. The summed E-state index contributed by atoms with van der Waals surface area (Å²) in [7, 11) is 0. The first-order valence-electron chi connectivity index (χ1n) is 7.98. The van der Waals surface area contributed by atoms with Crippen LogP contribution in [0.2, 0.25) is 0 Å². The third-order valence-electron chi connectivity index (χ3n) is 3.86. The maximum atomic E-state index is 12.1. The summed E-state index contributed by atoms with van der Waals surface area (Å²) in [6.45, 7) is 0.351. The zero-order chi connectivity index (χ0) is 17.6. The summed E-state index contributed by atoms with van der Waals surface area (Å²) >= 11 is 0. The van der Waals surface area contributed by atoms with Crippen molar-refractivity contribution in [2.24, 2.45) is 0 Å². The Morgan fingerprint density at radius 3 is 2.40 bits per heavy atom. The number of anilines is 2. The van der Waals surface area contributed by atoms with Gasteiger partial charge in [0.05, 0.1) is 5.56 Å². The van der Waals surface area contributed by atoms with E-state index in [4.69, 9.17) is 5.11 Å². The molecule has 0 heterocycles. The van der Waals surface area contributed by atoms with Crippen molar-refractivity contribution >= 4 is 34.0 Å². The molecule has 0 saturated heterocycles. The standard InChI is InChI=1S/C20H18N2O3/c23-19(11-12-21-18-8-4-3-7-17(18)20(24)25)22-16-10-9-14-5-1-2-6-15(14)13-16/h1-10,13,21H,11-12H2,(H,22,23)(H,24,25). The summed E-state index contributed by atoms with van der Waals surface area (Å²) in [5, 5.41) is 17.2. The number of para-hydroxylation sites is 1. The largest absolute Gasteiger partial charge is 0.478 e. The molecule has 0 aliphatic heterocycles. The predicted molar refractivity (Wildman–Crippen MR) is 99.1 cm³/mol. The van der Waals surface area contributed by atoms with Crippen molar-refractivity contribution in [3.05, 3.63) is 72.3 Å². The third kappa shape index (κ3) is 4.14. The van der Waals surface area contributed by atoms with Gasteiger partial charge < -0.3 is 15.7 Å². The summed E-state index contributed by atoms with van der Waals surface area (Å²) < 4.78 is 0. The Morgan fingerprint density at radius 1 is 0.880 bits per heavy atom. The van der Waals surface area contributed by atoms with Gasteiger partial charge in [-0.15, -0.1) is 0 Å². The Labute approximate surface area is 145 Å². The average molecular weight is 334 g/mol. The van der Waals surface area contributed by atoms with E-state index in [1.165, 1.54) is 6.07 Å². The zero-order valence-electron chi connectivity index (χ0n) is 13.5. The van der Waals surface area contributed by atoms with E-state index in [1.54, 1.807) is 18.2 Å². The quantitative estimate of drug-likeness (QED) is 0.637. The van der Waals surface area contributed by atoms with Gasteiger partial charge in [0.2, 0.25) is 5.91 Å². The van der Waals surface area contributed by atoms with E-state index in [-0.39, 0.29) is 17.9 Å². The Balaban J connectivity index is 1.57. The highest BCUT2D eigenvalue weighted by atomic mass is 16.4. The number of hydrogen-bond acceptors (Lipinski definition) is 3. The van der Waals surface area contributed by atoms with Crippen molar-refractivity contribution in [1.82, 2.24) is 0 Å². The highest BCUT2D eigenvalue weighted by molar-refractivity contribution is 5.95. The van der Waals surface area contributed by atoms with Crippen LogP contribution in [0.4, 0.5) is 11.4 Å². The molecule has 0 unspecified atom stereocenters. The van der Waals surface area contributed by atoms with Gasteiger partial charge in [-0.2, -0.15) is 0 Å². The van der Waals surface area contributed by atoms with Crippen LogP contribution in [0.1, 0.15) is 16.8 Å². The van der Waals surface area contributed by atoms with Crippen LogP contribution in [0.3, 0.4) is 0 Å². The Bertz CT molecular complexity index is 921. The molecule has 3 aromatic rings. The van der Waals surface area contributed by atoms with Crippen LogP contribution in [-0.2, 0) is 4.79 Å². The van der Waals surface area contributed by atoms with Crippen LogP contribution in [0.5, 0.6) is 0 Å². The number of carbonyl (C=O) groups is 2. The number of benzene rings is 3. The van der Waals surface area contributed by atoms with Gasteiger partial charge in [0.15, 0.2) is 0 Å². The molecule has 0 spiro atoms. The number of nitrogens with one attached hydrogen (secondary N) is 2. The smallest absolute Gasteiger partial charge is 0.337 e. The number of fused-ring (bicyclic) bond motifs is 1. The van der Waals surface area contributed by atoms with Gasteiger partial charge in [-0.1, -0.05) is 42.5 Å². The van der Waals surface area contributed by atoms with E-state index in [2.05, 4.69) is 10.6 Å². The minimum absolute atomic E-state index is 0.129. The van der Waals surface area contributed by atoms with E-state index in [9.17, 15) is 9.59 Å². The lowest BCUT2D eigenvalue weighted by Gasteiger charge is -2.10. The lowest BCUT2D eigenvalue weighted by Crippen LogP contribution is -2.17. The molecule has 25 heavy (non-hydrogen) atoms. The van der Waals surface area contributed by atoms with Crippen LogP contribution in [0, 0.1) is 0 Å². The average Bonchev–Trinajstić information content (AvgIpc) is 2.62. The molecule has 0 aliphatic rings. The third-order valence-corrected chi connectivity index (χ3v) is 3.86. The van der Waals surface area contributed by atoms with Crippen LogP contribution in [0.25, 0.3) is 10.8 Å². The monoisotopic (exact) mass is 334 g/mol. The first-order chi connectivity index (χ1) is 12.1. The summed E-state index contributed by atoms with van der Waals surface area (Å²) in [5.41, 5.74) is 1.44. The predicted octanol–water partition coefficient (Wildman–Crippen LogP) is 3.98. The van der Waals surface area contributed by atoms with Crippen molar-refractivity contribution < 1.29 is 14.7 Å². The van der Waals surface area contributed by atoms with Crippen molar-refractivity contribution in [2.45, 2.75) is 6.42 Å². The maximum absolute atomic E-state index is 12.1. The number of carbonyl (C=O) groups excluding carboxylic acids is 1. The molecule has 0 radical (unpaired) electrons. The van der Waals surface area contributed by atoms with E-state index < -0.39 is 5.97 Å². The number of carboxylic acids is 1. The Morgan fingerprint density at radius 2 is 1.60 bits per heavy atom. The molecule has 3 N–H and O–H groups in total. The normalized spacial score (nSPS) is 10.4. The van der Waals surface area contributed by atoms with Gasteiger partial charge in [0.25, 0.3) is 0 Å². The van der Waals surface area contributed by atoms with Gasteiger partial charge in [-0.05, 0) is 35.0 Å². The maximum Gasteiger partial charge on any atom is 0.337 e. The molecule has 0 atom stereocenters. The first-order valence-corrected chi connectivity index (χ1v) is 7.98. The van der Waals surface area contributed by atoms with Crippen molar-refractivity contribution in [3.63, 3.8) is 0 Å². The molecular weight excluding hydrogens is 316 g/mol. The molecule has 0 fully saturated rings. The molecule has 0 aromatic heterocycles. The Hall–Kier alpha value is -3.34. The fourth-order valence-corrected chi connectivity index (χ4v) is 2.63. The fourth-order valence-electron chi connectivity index (χ4n) is 2.63. The summed E-state index contributed by atoms with van der Waals surface area (Å²) in [6, 6.07) is 20.3. The van der Waals surface area contributed by atoms with Gasteiger partial charge in [-0.3, -0.25) is 4.79 Å². The zero-order valence-corrected chi connectivity index (χ0v) is 13.5. The summed E-state index contributed by atoms with van der Waals surface area (Å²) in [6.07, 6.45) is 0.237. The van der Waals surface area contributed by atoms with Gasteiger partial charge >= 0.3 is 5.97 Å². The lowest BCUT2D eigenvalue weighted by molar-refractivity contribution is -0.115. The Kier molecular flexibility index (Phi) is 4.95. The van der Waals surface area contributed by atoms with Crippen molar-refractivity contribution in [1.29, 1.82) is 0 Å². The first kappa shape index (κ1) is 16.5. The summed E-state index contributed by atoms with van der Waals surface area (Å²) in [4.78, 5) is 23.2. The second kappa shape index (κ2) is 7.49. The highest BCUT2D eigenvalue weighted by Gasteiger charge is 2.09. The lowest BCUT2D eigenvalue weighted by atomic mass is 10.1. The van der Waals surface area contributed by atoms with E-state index in [1.807, 2.05) is 42.5 Å². The number of aromatic carboxylic acids is 1. The molecule has 0 bridgehead atoms. The summed E-state index contributed by atoms with van der Waals surface area (Å²) in [5.74, 6) is -1.13. The molecule has 0 saturated carbocycles. The molecule has 126 valence electrons. The number of rotatable bonds is 6. The van der Waals surface area contributed by atoms with Crippen LogP contribution >= 0.6 is 0 Å². The molecule has 5 nitrogen and oxygen atoms in total. The minimum atomic E-state index is -0.997. The van der Waals surface area contributed by atoms with Crippen molar-refractivity contribution in [3.8, 4) is 0 Å². The highest BCUT2D eigenvalue weighted by Crippen LogP contribution is 2.19. The SMILES string of the molecule is O=C(CCNc1ccccc1C(=O)O)Nc1ccc2ccccc2c1. The van der Waals surface area contributed by atoms with Gasteiger partial charge in [0.1, 0.15) is 0 Å². The second-order valence-electron chi connectivity index (χ2n) is 5.64. The number of amides is 1. The molecular formula is C20H18N2O3. The molecule has 5 heteroatoms. The van der Waals surface area contributed by atoms with Crippen LogP contribution in [-0.4, -0.2) is 23.5 Å². The fraction of sp³-hybridized carbons (Fsp3) is 0.100. The van der Waals surface area contributed by atoms with E-state index in [0.29, 0.717) is 12.2 Å². The number of hydrogen-bond donors (Lipinski definition) is 3. The van der Waals surface area contributed by atoms with Gasteiger partial charge in [-0.25, -0.2) is 4.79 Å². The number of carboxylic acid groups (broad SMARTS) is 1. The minimum Gasteiger partial charge on any atom is -0.478 e. The molecule has 1 amide bonds. The molecule has 0 aliphatic carbocycles. The van der Waals surface area contributed by atoms with Gasteiger partial charge in [0, 0.05) is 24.3 Å². The molecule has 3 aromatic carbocycles. The van der Waals surface area contributed by atoms with Crippen LogP contribution < -0.4 is 10.6 Å². The van der Waals surface area contributed by atoms with Crippen molar-refractivity contribution in [2.75, 3.05) is 17.2 Å². The van der Waals surface area contributed by atoms with Crippen LogP contribution in [0.15, 0.2) is 66.7 Å².